The Morgan fingerprint density at radius 1 is 1.05 bits per heavy atom. The van der Waals surface area contributed by atoms with Gasteiger partial charge in [0.15, 0.2) is 0 Å². The maximum absolute atomic E-state index is 11.2. The van der Waals surface area contributed by atoms with Gasteiger partial charge in [-0.2, -0.15) is 0 Å². The number of hydrogen-bond acceptors (Lipinski definition) is 3. The van der Waals surface area contributed by atoms with Crippen LogP contribution in [0, 0.1) is 0 Å². The highest BCUT2D eigenvalue weighted by molar-refractivity contribution is 6.38. The summed E-state index contributed by atoms with van der Waals surface area (Å²) in [7, 11) is 0. The number of carboxylic acids is 1. The molecule has 1 aromatic carbocycles. The lowest BCUT2D eigenvalue weighted by Gasteiger charge is -2.15. The number of ketones is 1. The van der Waals surface area contributed by atoms with Gasteiger partial charge in [-0.1, -0.05) is 39.8 Å². The van der Waals surface area contributed by atoms with E-state index in [4.69, 9.17) is 5.11 Å². The van der Waals surface area contributed by atoms with E-state index < -0.39 is 11.8 Å². The van der Waals surface area contributed by atoms with Crippen molar-refractivity contribution in [1.82, 2.24) is 0 Å². The number of aliphatic carboxylic acids is 1. The summed E-state index contributed by atoms with van der Waals surface area (Å²) in [5, 5.41) is 18.6. The molecule has 0 bridgehead atoms. The Balaban J connectivity index is 3.35. The van der Waals surface area contributed by atoms with Crippen LogP contribution >= 0.6 is 0 Å². The zero-order valence-corrected chi connectivity index (χ0v) is 12.2. The third-order valence-electron chi connectivity index (χ3n) is 3.12. The topological polar surface area (TPSA) is 74.6 Å². The standard InChI is InChI=1S/C16H20O4/c1-9(2)11-5-6-12(10(3)4)13(7-11)14(17)8-15(18)16(19)20/h5-10,17H,1-4H3,(H,19,20). The van der Waals surface area contributed by atoms with Crippen LogP contribution in [-0.4, -0.2) is 22.0 Å². The molecule has 0 aromatic heterocycles. The molecule has 0 aliphatic rings. The van der Waals surface area contributed by atoms with Crippen LogP contribution in [0.15, 0.2) is 24.3 Å². The van der Waals surface area contributed by atoms with Crippen molar-refractivity contribution in [2.45, 2.75) is 39.5 Å². The Hall–Kier alpha value is -2.10. The van der Waals surface area contributed by atoms with Crippen LogP contribution in [0.3, 0.4) is 0 Å². The highest BCUT2D eigenvalue weighted by Gasteiger charge is 2.15. The van der Waals surface area contributed by atoms with Gasteiger partial charge in [0.05, 0.1) is 0 Å². The van der Waals surface area contributed by atoms with Crippen LogP contribution in [0.4, 0.5) is 0 Å². The van der Waals surface area contributed by atoms with Gasteiger partial charge in [-0.05, 0) is 29.0 Å². The van der Waals surface area contributed by atoms with Gasteiger partial charge in [0.2, 0.25) is 0 Å². The van der Waals surface area contributed by atoms with Crippen molar-refractivity contribution in [2.24, 2.45) is 0 Å². The van der Waals surface area contributed by atoms with E-state index in [2.05, 4.69) is 0 Å². The molecule has 0 atom stereocenters. The van der Waals surface area contributed by atoms with Gasteiger partial charge in [-0.25, -0.2) is 4.79 Å². The molecule has 108 valence electrons. The van der Waals surface area contributed by atoms with Gasteiger partial charge in [-0.15, -0.1) is 0 Å². The fraction of sp³-hybridized carbons (Fsp3) is 0.375. The first-order chi connectivity index (χ1) is 9.23. The van der Waals surface area contributed by atoms with Crippen molar-refractivity contribution in [1.29, 1.82) is 0 Å². The largest absolute Gasteiger partial charge is 0.507 e. The van der Waals surface area contributed by atoms with Crippen molar-refractivity contribution in [3.63, 3.8) is 0 Å². The number of aliphatic hydroxyl groups excluding tert-OH is 1. The molecule has 1 rings (SSSR count). The molecule has 4 heteroatoms. The van der Waals surface area contributed by atoms with E-state index in [0.717, 1.165) is 17.2 Å². The Bertz CT molecular complexity index is 554. The van der Waals surface area contributed by atoms with E-state index in [-0.39, 0.29) is 17.6 Å². The zero-order chi connectivity index (χ0) is 15.4. The lowest BCUT2D eigenvalue weighted by molar-refractivity contribution is -0.146. The number of benzene rings is 1. The lowest BCUT2D eigenvalue weighted by atomic mass is 9.91. The fourth-order valence-electron chi connectivity index (χ4n) is 1.92. The van der Waals surface area contributed by atoms with Gasteiger partial charge < -0.3 is 10.2 Å². The van der Waals surface area contributed by atoms with Gasteiger partial charge in [-0.3, -0.25) is 4.79 Å². The Morgan fingerprint density at radius 2 is 1.65 bits per heavy atom. The summed E-state index contributed by atoms with van der Waals surface area (Å²) in [6.45, 7) is 8.00. The second-order valence-corrected chi connectivity index (χ2v) is 5.36. The van der Waals surface area contributed by atoms with Gasteiger partial charge in [0.1, 0.15) is 5.76 Å². The average molecular weight is 276 g/mol. The SMILES string of the molecule is CC(C)c1ccc(C(C)C)c(C(O)=CC(=O)C(=O)O)c1. The Labute approximate surface area is 118 Å². The summed E-state index contributed by atoms with van der Waals surface area (Å²) in [4.78, 5) is 21.7. The van der Waals surface area contributed by atoms with Gasteiger partial charge in [0, 0.05) is 11.6 Å². The monoisotopic (exact) mass is 276 g/mol. The molecular formula is C16H20O4. The third-order valence-corrected chi connectivity index (χ3v) is 3.12. The smallest absolute Gasteiger partial charge is 0.376 e. The summed E-state index contributed by atoms with van der Waals surface area (Å²) in [6.07, 6.45) is 0.758. The minimum absolute atomic E-state index is 0.154. The minimum Gasteiger partial charge on any atom is -0.507 e. The predicted octanol–water partition coefficient (Wildman–Crippen LogP) is 3.49. The molecule has 0 heterocycles. The van der Waals surface area contributed by atoms with E-state index >= 15 is 0 Å². The van der Waals surface area contributed by atoms with E-state index in [9.17, 15) is 14.7 Å². The predicted molar refractivity (Wildman–Crippen MR) is 77.9 cm³/mol. The first-order valence-electron chi connectivity index (χ1n) is 6.56. The Morgan fingerprint density at radius 3 is 2.10 bits per heavy atom. The number of aliphatic hydroxyl groups is 1. The molecule has 0 saturated heterocycles. The van der Waals surface area contributed by atoms with Gasteiger partial charge in [0.25, 0.3) is 5.78 Å². The molecule has 1 aromatic rings. The van der Waals surface area contributed by atoms with E-state index in [1.54, 1.807) is 6.07 Å². The van der Waals surface area contributed by atoms with E-state index in [1.807, 2.05) is 39.8 Å². The van der Waals surface area contributed by atoms with Gasteiger partial charge >= 0.3 is 5.97 Å². The average Bonchev–Trinajstić information content (AvgIpc) is 2.37. The van der Waals surface area contributed by atoms with Crippen LogP contribution in [0.5, 0.6) is 0 Å². The number of hydrogen-bond donors (Lipinski definition) is 2. The van der Waals surface area contributed by atoms with Crippen molar-refractivity contribution in [3.8, 4) is 0 Å². The molecule has 0 saturated carbocycles. The van der Waals surface area contributed by atoms with Crippen molar-refractivity contribution in [3.05, 3.63) is 41.0 Å². The van der Waals surface area contributed by atoms with Crippen molar-refractivity contribution < 1.29 is 19.8 Å². The van der Waals surface area contributed by atoms with E-state index in [0.29, 0.717) is 5.56 Å². The molecule has 2 N–H and O–H groups in total. The van der Waals surface area contributed by atoms with Crippen molar-refractivity contribution >= 4 is 17.5 Å². The molecule has 0 amide bonds. The van der Waals surface area contributed by atoms with E-state index in [1.165, 1.54) is 0 Å². The number of carbonyl (C=O) groups excluding carboxylic acids is 1. The summed E-state index contributed by atoms with van der Waals surface area (Å²) in [5.41, 5.74) is 2.41. The molecular weight excluding hydrogens is 256 g/mol. The lowest BCUT2D eigenvalue weighted by Crippen LogP contribution is -2.10. The zero-order valence-electron chi connectivity index (χ0n) is 12.2. The maximum Gasteiger partial charge on any atom is 0.376 e. The highest BCUT2D eigenvalue weighted by Crippen LogP contribution is 2.28. The summed E-state index contributed by atoms with van der Waals surface area (Å²) < 4.78 is 0. The number of carboxylic acid groups (broad SMARTS) is 1. The molecule has 0 spiro atoms. The molecule has 0 unspecified atom stereocenters. The third kappa shape index (κ3) is 3.70. The van der Waals surface area contributed by atoms with Crippen LogP contribution in [-0.2, 0) is 9.59 Å². The van der Waals surface area contributed by atoms with Crippen molar-refractivity contribution in [2.75, 3.05) is 0 Å². The first-order valence-corrected chi connectivity index (χ1v) is 6.56. The molecule has 20 heavy (non-hydrogen) atoms. The number of rotatable bonds is 5. The molecule has 0 radical (unpaired) electrons. The summed E-state index contributed by atoms with van der Waals surface area (Å²) >= 11 is 0. The van der Waals surface area contributed by atoms with Crippen LogP contribution in [0.1, 0.15) is 56.2 Å². The quantitative estimate of drug-likeness (QED) is 0.490. The summed E-state index contributed by atoms with van der Waals surface area (Å²) in [5.74, 6) is -2.59. The van der Waals surface area contributed by atoms with Crippen LogP contribution < -0.4 is 0 Å². The first kappa shape index (κ1) is 16.0. The number of carbonyl (C=O) groups is 2. The molecule has 0 fully saturated rings. The second kappa shape index (κ2) is 6.37. The Kier molecular flexibility index (Phi) is 5.08. The highest BCUT2D eigenvalue weighted by atomic mass is 16.4. The normalized spacial score (nSPS) is 12.0. The summed E-state index contributed by atoms with van der Waals surface area (Å²) in [6, 6.07) is 5.70. The second-order valence-electron chi connectivity index (χ2n) is 5.36. The minimum atomic E-state index is -1.58. The molecule has 4 nitrogen and oxygen atoms in total. The van der Waals surface area contributed by atoms with Crippen LogP contribution in [0.25, 0.3) is 5.76 Å². The molecule has 0 aliphatic heterocycles. The fourth-order valence-corrected chi connectivity index (χ4v) is 1.92. The van der Waals surface area contributed by atoms with Crippen LogP contribution in [0.2, 0.25) is 0 Å². The molecule has 0 aliphatic carbocycles. The maximum atomic E-state index is 11.2.